The largest absolute Gasteiger partial charge is 0.444 e. The number of nitrogens with one attached hydrogen (secondary N) is 4. The number of halogens is 3. The Morgan fingerprint density at radius 3 is 2.33 bits per heavy atom. The molecule has 10 nitrogen and oxygen atoms in total. The van der Waals surface area contributed by atoms with Crippen molar-refractivity contribution in [2.75, 3.05) is 34.4 Å². The first-order valence-electron chi connectivity index (χ1n) is 13.7. The standard InChI is InChI=1S/C30H34F3N7O3/c1-5-25(41)36-20-9-8-10-21(17-20)37-26-22(30(31,32)33)18-34-27(39-26)38-24-12-7-6-11-23(24)35-19-13-15-40(16-14-19)28(42)43-29(2,3)4/h5-12,17-19,35H,1,13-16H2,2-4H3,(H,36,41)(H2,34,37,38,39). The number of benzene rings is 2. The van der Waals surface area contributed by atoms with Crippen LogP contribution in [0, 0.1) is 0 Å². The Bertz CT molecular complexity index is 1470. The molecule has 0 bridgehead atoms. The summed E-state index contributed by atoms with van der Waals surface area (Å²) < 4.78 is 47.0. The minimum atomic E-state index is -4.72. The first-order chi connectivity index (χ1) is 20.3. The Hall–Kier alpha value is -4.81. The number of hydrogen-bond acceptors (Lipinski definition) is 8. The van der Waals surface area contributed by atoms with Gasteiger partial charge in [-0.1, -0.05) is 24.8 Å². The van der Waals surface area contributed by atoms with Crippen LogP contribution in [0.5, 0.6) is 0 Å². The van der Waals surface area contributed by atoms with Gasteiger partial charge in [-0.2, -0.15) is 18.2 Å². The van der Waals surface area contributed by atoms with Crippen LogP contribution < -0.4 is 21.3 Å². The molecule has 1 aliphatic heterocycles. The van der Waals surface area contributed by atoms with Crippen molar-refractivity contribution in [3.63, 3.8) is 0 Å². The van der Waals surface area contributed by atoms with Crippen molar-refractivity contribution in [1.29, 1.82) is 0 Å². The molecule has 0 atom stereocenters. The molecular weight excluding hydrogens is 563 g/mol. The fraction of sp³-hybridized carbons (Fsp3) is 0.333. The molecule has 2 heterocycles. The summed E-state index contributed by atoms with van der Waals surface area (Å²) in [4.78, 5) is 33.8. The van der Waals surface area contributed by atoms with E-state index in [0.717, 1.165) is 6.08 Å². The van der Waals surface area contributed by atoms with Crippen LogP contribution in [0.1, 0.15) is 39.2 Å². The zero-order valence-corrected chi connectivity index (χ0v) is 24.1. The van der Waals surface area contributed by atoms with Gasteiger partial charge in [0.05, 0.1) is 11.4 Å². The van der Waals surface area contributed by atoms with Crippen LogP contribution in [-0.4, -0.2) is 51.6 Å². The Kier molecular flexibility index (Phi) is 9.42. The van der Waals surface area contributed by atoms with Crippen LogP contribution in [0.15, 0.2) is 67.4 Å². The number of amides is 2. The molecule has 43 heavy (non-hydrogen) atoms. The van der Waals surface area contributed by atoms with Crippen molar-refractivity contribution in [1.82, 2.24) is 14.9 Å². The van der Waals surface area contributed by atoms with Crippen LogP contribution >= 0.6 is 0 Å². The zero-order chi connectivity index (χ0) is 31.2. The molecule has 2 aromatic carbocycles. The lowest BCUT2D eigenvalue weighted by atomic mass is 10.0. The Morgan fingerprint density at radius 1 is 1.00 bits per heavy atom. The van der Waals surface area contributed by atoms with E-state index in [2.05, 4.69) is 37.8 Å². The number of likely N-dealkylation sites (tertiary alicyclic amines) is 1. The van der Waals surface area contributed by atoms with Gasteiger partial charge in [-0.3, -0.25) is 4.79 Å². The normalized spacial score (nSPS) is 14.0. The molecule has 1 fully saturated rings. The van der Waals surface area contributed by atoms with E-state index in [1.54, 1.807) is 35.2 Å². The highest BCUT2D eigenvalue weighted by molar-refractivity contribution is 5.99. The summed E-state index contributed by atoms with van der Waals surface area (Å²) in [6, 6.07) is 13.5. The summed E-state index contributed by atoms with van der Waals surface area (Å²) in [5.41, 5.74) is 0.296. The number of hydrogen-bond donors (Lipinski definition) is 4. The van der Waals surface area contributed by atoms with Gasteiger partial charge in [-0.25, -0.2) is 9.78 Å². The van der Waals surface area contributed by atoms with Crippen molar-refractivity contribution in [3.05, 3.63) is 72.9 Å². The number of para-hydroxylation sites is 2. The van der Waals surface area contributed by atoms with Gasteiger partial charge in [0.2, 0.25) is 11.9 Å². The van der Waals surface area contributed by atoms with E-state index in [1.165, 1.54) is 6.07 Å². The second kappa shape index (κ2) is 13.0. The maximum Gasteiger partial charge on any atom is 0.421 e. The van der Waals surface area contributed by atoms with Crippen molar-refractivity contribution < 1.29 is 27.5 Å². The van der Waals surface area contributed by atoms with E-state index < -0.39 is 29.1 Å². The second-order valence-corrected chi connectivity index (χ2v) is 10.9. The van der Waals surface area contributed by atoms with Gasteiger partial charge in [0.1, 0.15) is 17.0 Å². The lowest BCUT2D eigenvalue weighted by Gasteiger charge is -2.34. The molecule has 228 valence electrons. The Morgan fingerprint density at radius 2 is 1.67 bits per heavy atom. The Labute approximate surface area is 247 Å². The Balaban J connectivity index is 1.49. The van der Waals surface area contributed by atoms with E-state index in [0.29, 0.717) is 49.2 Å². The number of anilines is 6. The molecule has 4 rings (SSSR count). The maximum absolute atomic E-state index is 13.8. The zero-order valence-electron chi connectivity index (χ0n) is 24.1. The molecule has 1 saturated heterocycles. The molecule has 2 amide bonds. The number of alkyl halides is 3. The third-order valence-electron chi connectivity index (χ3n) is 6.35. The maximum atomic E-state index is 13.8. The van der Waals surface area contributed by atoms with Crippen LogP contribution in [0.3, 0.4) is 0 Å². The molecule has 0 radical (unpaired) electrons. The molecule has 3 aromatic rings. The van der Waals surface area contributed by atoms with E-state index in [9.17, 15) is 22.8 Å². The lowest BCUT2D eigenvalue weighted by molar-refractivity contribution is -0.137. The molecule has 0 unspecified atom stereocenters. The topological polar surface area (TPSA) is 121 Å². The van der Waals surface area contributed by atoms with Gasteiger partial charge < -0.3 is 30.9 Å². The highest BCUT2D eigenvalue weighted by Gasteiger charge is 2.35. The number of aromatic nitrogens is 2. The van der Waals surface area contributed by atoms with Gasteiger partial charge in [-0.05, 0) is 70.0 Å². The monoisotopic (exact) mass is 597 g/mol. The summed E-state index contributed by atoms with van der Waals surface area (Å²) in [5.74, 6) is -0.972. The van der Waals surface area contributed by atoms with Crippen LogP contribution in [0.25, 0.3) is 0 Å². The minimum absolute atomic E-state index is 0.0550. The quantitative estimate of drug-likeness (QED) is 0.207. The molecule has 0 spiro atoms. The number of ether oxygens (including phenoxy) is 1. The third kappa shape index (κ3) is 8.84. The fourth-order valence-electron chi connectivity index (χ4n) is 4.34. The smallest absolute Gasteiger partial charge is 0.421 e. The first kappa shape index (κ1) is 31.1. The molecule has 0 saturated carbocycles. The highest BCUT2D eigenvalue weighted by Crippen LogP contribution is 2.36. The number of carbonyl (C=O) groups is 2. The summed E-state index contributed by atoms with van der Waals surface area (Å²) in [6.45, 7) is 9.92. The van der Waals surface area contributed by atoms with Crippen LogP contribution in [0.2, 0.25) is 0 Å². The van der Waals surface area contributed by atoms with Gasteiger partial charge in [0, 0.05) is 36.7 Å². The van der Waals surface area contributed by atoms with E-state index >= 15 is 0 Å². The number of carbonyl (C=O) groups excluding carboxylic acids is 2. The van der Waals surface area contributed by atoms with Crippen LogP contribution in [-0.2, 0) is 15.7 Å². The fourth-order valence-corrected chi connectivity index (χ4v) is 4.34. The number of piperidine rings is 1. The summed E-state index contributed by atoms with van der Waals surface area (Å²) in [7, 11) is 0. The number of nitrogens with zero attached hydrogens (tertiary/aromatic N) is 3. The first-order valence-corrected chi connectivity index (χ1v) is 13.7. The summed E-state index contributed by atoms with van der Waals surface area (Å²) >= 11 is 0. The molecule has 1 aromatic heterocycles. The van der Waals surface area contributed by atoms with Crippen molar-refractivity contribution in [2.45, 2.75) is 51.4 Å². The molecular formula is C30H34F3N7O3. The van der Waals surface area contributed by atoms with Crippen molar-refractivity contribution in [3.8, 4) is 0 Å². The minimum Gasteiger partial charge on any atom is -0.444 e. The van der Waals surface area contributed by atoms with Crippen molar-refractivity contribution >= 4 is 46.5 Å². The van der Waals surface area contributed by atoms with E-state index in [-0.39, 0.29) is 23.8 Å². The predicted molar refractivity (Wildman–Crippen MR) is 160 cm³/mol. The summed E-state index contributed by atoms with van der Waals surface area (Å²) in [6.07, 6.45) is -1.89. The SMILES string of the molecule is C=CC(=O)Nc1cccc(Nc2nc(Nc3ccccc3NC3CCN(C(=O)OC(C)(C)C)CC3)ncc2C(F)(F)F)c1. The molecule has 4 N–H and O–H groups in total. The highest BCUT2D eigenvalue weighted by atomic mass is 19.4. The average molecular weight is 598 g/mol. The lowest BCUT2D eigenvalue weighted by Crippen LogP contribution is -2.44. The van der Waals surface area contributed by atoms with E-state index in [4.69, 9.17) is 4.74 Å². The van der Waals surface area contributed by atoms with Gasteiger partial charge >= 0.3 is 12.3 Å². The van der Waals surface area contributed by atoms with Gasteiger partial charge in [0.25, 0.3) is 0 Å². The number of rotatable bonds is 8. The summed E-state index contributed by atoms with van der Waals surface area (Å²) in [5, 5.41) is 11.7. The van der Waals surface area contributed by atoms with Gasteiger partial charge in [-0.15, -0.1) is 0 Å². The second-order valence-electron chi connectivity index (χ2n) is 10.9. The molecule has 1 aliphatic rings. The predicted octanol–water partition coefficient (Wildman–Crippen LogP) is 6.92. The third-order valence-corrected chi connectivity index (χ3v) is 6.35. The molecule has 0 aliphatic carbocycles. The average Bonchev–Trinajstić information content (AvgIpc) is 2.93. The van der Waals surface area contributed by atoms with Crippen molar-refractivity contribution in [2.24, 2.45) is 0 Å². The van der Waals surface area contributed by atoms with E-state index in [1.807, 2.05) is 32.9 Å². The van der Waals surface area contributed by atoms with Crippen LogP contribution in [0.4, 0.5) is 52.5 Å². The van der Waals surface area contributed by atoms with Gasteiger partial charge in [0.15, 0.2) is 0 Å². The molecule has 13 heteroatoms.